The lowest BCUT2D eigenvalue weighted by Crippen LogP contribution is -2.47. The number of amides is 1. The molecule has 12 heteroatoms. The van der Waals surface area contributed by atoms with Crippen molar-refractivity contribution in [3.8, 4) is 5.75 Å². The fraction of sp³-hybridized carbons (Fsp3) is 0.500. The Morgan fingerprint density at radius 3 is 2.61 bits per heavy atom. The second kappa shape index (κ2) is 8.82. The number of carbonyl (C=O) groups is 1. The molecule has 2 N–H and O–H groups in total. The van der Waals surface area contributed by atoms with Crippen molar-refractivity contribution in [3.05, 3.63) is 46.5 Å². The number of likely N-dealkylation sites (tertiary alicyclic amines) is 1. The average Bonchev–Trinajstić information content (AvgIpc) is 3.37. The standard InChI is InChI=1S/C26H27ClF3N5O3/c1-24(37)13-16(14-24)35-32-21-12-17(11-19(22(21)33-35)26(28,29)30)38-9-8-34-6-4-25(5-7-34)18-10-15(27)2-3-20(18)31-23(25)36/h2-3,10-12,16,37H,4-9,13-14H2,1H3,(H,31,36). The second-order valence-corrected chi connectivity index (χ2v) is 11.3. The molecule has 1 aromatic heterocycles. The molecule has 0 unspecified atom stereocenters. The Morgan fingerprint density at radius 2 is 1.92 bits per heavy atom. The fourth-order valence-electron chi connectivity index (χ4n) is 5.92. The van der Waals surface area contributed by atoms with Gasteiger partial charge in [-0.1, -0.05) is 11.6 Å². The number of anilines is 1. The van der Waals surface area contributed by atoms with E-state index in [2.05, 4.69) is 20.4 Å². The first-order valence-electron chi connectivity index (χ1n) is 12.6. The number of fused-ring (bicyclic) bond motifs is 3. The van der Waals surface area contributed by atoms with E-state index in [1.54, 1.807) is 13.0 Å². The van der Waals surface area contributed by atoms with E-state index in [-0.39, 0.29) is 35.3 Å². The van der Waals surface area contributed by atoms with Crippen LogP contribution in [-0.2, 0) is 16.4 Å². The molecule has 2 fully saturated rings. The number of ether oxygens (including phenoxy) is 1. The number of aromatic nitrogens is 3. The van der Waals surface area contributed by atoms with Crippen molar-refractivity contribution in [2.24, 2.45) is 0 Å². The molecular weight excluding hydrogens is 523 g/mol. The topological polar surface area (TPSA) is 92.5 Å². The molecule has 1 spiro atoms. The number of halogens is 4. The molecule has 0 radical (unpaired) electrons. The third-order valence-electron chi connectivity index (χ3n) is 8.02. The van der Waals surface area contributed by atoms with Crippen LogP contribution in [0.5, 0.6) is 5.75 Å². The summed E-state index contributed by atoms with van der Waals surface area (Å²) in [5.74, 6) is 0.0573. The Hall–Kier alpha value is -2.89. The number of piperidine rings is 1. The molecule has 1 saturated carbocycles. The number of alkyl halides is 3. The Balaban J connectivity index is 1.12. The van der Waals surface area contributed by atoms with Crippen LogP contribution in [0.25, 0.3) is 11.0 Å². The van der Waals surface area contributed by atoms with Crippen molar-refractivity contribution in [1.82, 2.24) is 19.9 Å². The van der Waals surface area contributed by atoms with Crippen molar-refractivity contribution < 1.29 is 27.8 Å². The number of carbonyl (C=O) groups excluding carboxylic acids is 1. The molecular formula is C26H27ClF3N5O3. The van der Waals surface area contributed by atoms with Gasteiger partial charge in [-0.3, -0.25) is 9.69 Å². The van der Waals surface area contributed by atoms with Gasteiger partial charge in [0.05, 0.1) is 22.6 Å². The monoisotopic (exact) mass is 549 g/mol. The van der Waals surface area contributed by atoms with Crippen LogP contribution in [0.1, 0.15) is 49.8 Å². The van der Waals surface area contributed by atoms with Crippen LogP contribution in [0.4, 0.5) is 18.9 Å². The number of aliphatic hydroxyl groups is 1. The molecule has 2 aromatic carbocycles. The third-order valence-corrected chi connectivity index (χ3v) is 8.26. The van der Waals surface area contributed by atoms with E-state index in [4.69, 9.17) is 16.3 Å². The van der Waals surface area contributed by atoms with Gasteiger partial charge in [0.2, 0.25) is 5.91 Å². The van der Waals surface area contributed by atoms with Crippen LogP contribution in [0, 0.1) is 0 Å². The predicted octanol–water partition coefficient (Wildman–Crippen LogP) is 4.55. The van der Waals surface area contributed by atoms with Gasteiger partial charge in [-0.05, 0) is 62.7 Å². The summed E-state index contributed by atoms with van der Waals surface area (Å²) in [7, 11) is 0. The van der Waals surface area contributed by atoms with Crippen molar-refractivity contribution in [1.29, 1.82) is 0 Å². The van der Waals surface area contributed by atoms with Gasteiger partial charge in [0.25, 0.3) is 0 Å². The Kier molecular flexibility index (Phi) is 5.89. The lowest BCUT2D eigenvalue weighted by Gasteiger charge is -2.39. The number of nitrogens with one attached hydrogen (secondary N) is 1. The summed E-state index contributed by atoms with van der Waals surface area (Å²) in [6.07, 6.45) is -2.61. The summed E-state index contributed by atoms with van der Waals surface area (Å²) in [6, 6.07) is 7.63. The van der Waals surface area contributed by atoms with Gasteiger partial charge in [-0.25, -0.2) is 0 Å². The number of nitrogens with zero attached hydrogens (tertiary/aromatic N) is 4. The first-order valence-corrected chi connectivity index (χ1v) is 13.0. The highest BCUT2D eigenvalue weighted by molar-refractivity contribution is 6.31. The molecule has 202 valence electrons. The molecule has 0 bridgehead atoms. The first-order chi connectivity index (χ1) is 17.9. The zero-order valence-electron chi connectivity index (χ0n) is 20.7. The van der Waals surface area contributed by atoms with Crippen LogP contribution >= 0.6 is 11.6 Å². The maximum Gasteiger partial charge on any atom is 0.418 e. The smallest absolute Gasteiger partial charge is 0.418 e. The van der Waals surface area contributed by atoms with Crippen molar-refractivity contribution in [2.45, 2.75) is 55.8 Å². The van der Waals surface area contributed by atoms with E-state index in [9.17, 15) is 23.1 Å². The Bertz CT molecular complexity index is 1410. The van der Waals surface area contributed by atoms with Crippen molar-refractivity contribution >= 4 is 34.2 Å². The first kappa shape index (κ1) is 25.4. The minimum absolute atomic E-state index is 0.0165. The summed E-state index contributed by atoms with van der Waals surface area (Å²) < 4.78 is 47.2. The summed E-state index contributed by atoms with van der Waals surface area (Å²) >= 11 is 6.19. The van der Waals surface area contributed by atoms with Gasteiger partial charge < -0.3 is 15.2 Å². The van der Waals surface area contributed by atoms with Gasteiger partial charge >= 0.3 is 6.18 Å². The third kappa shape index (κ3) is 4.40. The quantitative estimate of drug-likeness (QED) is 0.485. The summed E-state index contributed by atoms with van der Waals surface area (Å²) in [5.41, 5.74) is -0.753. The zero-order chi connectivity index (χ0) is 26.9. The molecule has 2 aliphatic heterocycles. The van der Waals surface area contributed by atoms with Crippen LogP contribution < -0.4 is 10.1 Å². The zero-order valence-corrected chi connectivity index (χ0v) is 21.4. The van der Waals surface area contributed by atoms with Gasteiger partial charge in [0.15, 0.2) is 0 Å². The van der Waals surface area contributed by atoms with Crippen LogP contribution in [0.15, 0.2) is 30.3 Å². The van der Waals surface area contributed by atoms with E-state index in [0.29, 0.717) is 50.3 Å². The molecule has 1 aliphatic carbocycles. The van der Waals surface area contributed by atoms with Gasteiger partial charge in [0.1, 0.15) is 23.4 Å². The van der Waals surface area contributed by atoms with Crippen molar-refractivity contribution in [3.63, 3.8) is 0 Å². The SMILES string of the molecule is CC1(O)CC(n2nc3cc(OCCN4CCC5(CC4)C(=O)Nc4ccc(Cl)cc45)cc(C(F)(F)F)c3n2)C1. The second-order valence-electron chi connectivity index (χ2n) is 10.8. The van der Waals surface area contributed by atoms with E-state index < -0.39 is 22.8 Å². The summed E-state index contributed by atoms with van der Waals surface area (Å²) in [4.78, 5) is 16.2. The molecule has 3 aromatic rings. The highest BCUT2D eigenvalue weighted by Gasteiger charge is 2.48. The molecule has 6 rings (SSSR count). The van der Waals surface area contributed by atoms with Crippen LogP contribution in [0.2, 0.25) is 5.02 Å². The van der Waals surface area contributed by atoms with E-state index in [0.717, 1.165) is 17.3 Å². The highest BCUT2D eigenvalue weighted by atomic mass is 35.5. The number of hydrogen-bond donors (Lipinski definition) is 2. The summed E-state index contributed by atoms with van der Waals surface area (Å²) in [5, 5.41) is 21.9. The number of rotatable bonds is 5. The average molecular weight is 550 g/mol. The predicted molar refractivity (Wildman–Crippen MR) is 134 cm³/mol. The van der Waals surface area contributed by atoms with E-state index in [1.807, 2.05) is 12.1 Å². The van der Waals surface area contributed by atoms with Gasteiger partial charge in [-0.2, -0.15) is 28.2 Å². The number of hydrogen-bond acceptors (Lipinski definition) is 6. The van der Waals surface area contributed by atoms with Gasteiger partial charge in [-0.15, -0.1) is 0 Å². The largest absolute Gasteiger partial charge is 0.492 e. The molecule has 3 aliphatic rings. The maximum atomic E-state index is 13.8. The van der Waals surface area contributed by atoms with Crippen LogP contribution in [0.3, 0.4) is 0 Å². The minimum atomic E-state index is -4.62. The molecule has 1 amide bonds. The lowest BCUT2D eigenvalue weighted by molar-refractivity contribution is -0.136. The minimum Gasteiger partial charge on any atom is -0.492 e. The fourth-order valence-corrected chi connectivity index (χ4v) is 6.10. The molecule has 3 heterocycles. The number of benzene rings is 2. The molecule has 1 saturated heterocycles. The van der Waals surface area contributed by atoms with Crippen molar-refractivity contribution in [2.75, 3.05) is 31.6 Å². The van der Waals surface area contributed by atoms with Gasteiger partial charge in [0, 0.05) is 36.2 Å². The lowest BCUT2D eigenvalue weighted by atomic mass is 9.73. The molecule has 38 heavy (non-hydrogen) atoms. The Labute approximate surface area is 221 Å². The van der Waals surface area contributed by atoms with Crippen LogP contribution in [-0.4, -0.2) is 62.7 Å². The highest BCUT2D eigenvalue weighted by Crippen LogP contribution is 2.46. The normalized spacial score (nSPS) is 24.9. The maximum absolute atomic E-state index is 13.8. The summed E-state index contributed by atoms with van der Waals surface area (Å²) in [6.45, 7) is 3.66. The van der Waals surface area contributed by atoms with E-state index >= 15 is 0 Å². The molecule has 0 atom stereocenters. The Morgan fingerprint density at radius 1 is 1.18 bits per heavy atom. The molecule has 8 nitrogen and oxygen atoms in total. The van der Waals surface area contributed by atoms with E-state index in [1.165, 1.54) is 10.9 Å².